The third-order valence-electron chi connectivity index (χ3n) is 2.26. The molecule has 0 aliphatic carbocycles. The summed E-state index contributed by atoms with van der Waals surface area (Å²) in [5, 5.41) is 8.51. The van der Waals surface area contributed by atoms with Crippen LogP contribution < -0.4 is 5.73 Å². The topological polar surface area (TPSA) is 49.8 Å². The number of thioether (sulfide) groups is 1. The first-order valence-electron chi connectivity index (χ1n) is 5.01. The van der Waals surface area contributed by atoms with E-state index in [-0.39, 0.29) is 6.04 Å². The maximum atomic E-state index is 8.51. The van der Waals surface area contributed by atoms with Crippen molar-refractivity contribution in [2.24, 2.45) is 5.73 Å². The van der Waals surface area contributed by atoms with Gasteiger partial charge in [0, 0.05) is 5.75 Å². The molecule has 0 saturated heterocycles. The van der Waals surface area contributed by atoms with Gasteiger partial charge in [0.2, 0.25) is 0 Å². The molecule has 2 nitrogen and oxygen atoms in total. The predicted molar refractivity (Wildman–Crippen MR) is 65.5 cm³/mol. The molecule has 1 atom stereocenters. The molecule has 0 saturated carbocycles. The van der Waals surface area contributed by atoms with Gasteiger partial charge in [0.1, 0.15) is 0 Å². The van der Waals surface area contributed by atoms with Crippen LogP contribution in [0.4, 0.5) is 0 Å². The minimum Gasteiger partial charge on any atom is -0.316 e. The molecule has 1 aromatic rings. The summed E-state index contributed by atoms with van der Waals surface area (Å²) in [6, 6.07) is 10.1. The Kier molecular flexibility index (Phi) is 5.23. The lowest BCUT2D eigenvalue weighted by atomic mass is 10.1. The van der Waals surface area contributed by atoms with Crippen molar-refractivity contribution in [2.75, 3.05) is 5.75 Å². The van der Waals surface area contributed by atoms with Crippen molar-refractivity contribution < 1.29 is 0 Å². The molecule has 2 N–H and O–H groups in total. The van der Waals surface area contributed by atoms with Crippen LogP contribution in [0.25, 0.3) is 0 Å². The molecular weight excluding hydrogens is 204 g/mol. The van der Waals surface area contributed by atoms with Gasteiger partial charge in [0.25, 0.3) is 0 Å². The lowest BCUT2D eigenvalue weighted by Gasteiger charge is -2.05. The zero-order valence-corrected chi connectivity index (χ0v) is 9.76. The number of nitriles is 1. The average molecular weight is 220 g/mol. The Labute approximate surface area is 95.5 Å². The lowest BCUT2D eigenvalue weighted by molar-refractivity contribution is 0.803. The van der Waals surface area contributed by atoms with Crippen LogP contribution in [0.1, 0.15) is 17.5 Å². The second kappa shape index (κ2) is 6.49. The van der Waals surface area contributed by atoms with E-state index in [9.17, 15) is 0 Å². The highest BCUT2D eigenvalue weighted by molar-refractivity contribution is 7.98. The smallest absolute Gasteiger partial charge is 0.0935 e. The third kappa shape index (κ3) is 4.37. The highest BCUT2D eigenvalue weighted by atomic mass is 32.2. The molecule has 0 amide bonds. The largest absolute Gasteiger partial charge is 0.316 e. The first kappa shape index (κ1) is 12.1. The third-order valence-corrected chi connectivity index (χ3v) is 3.30. The molecule has 1 rings (SSSR count). The van der Waals surface area contributed by atoms with E-state index in [1.54, 1.807) is 0 Å². The van der Waals surface area contributed by atoms with E-state index in [0.29, 0.717) is 0 Å². The first-order chi connectivity index (χ1) is 7.24. The van der Waals surface area contributed by atoms with Crippen molar-refractivity contribution in [1.82, 2.24) is 0 Å². The van der Waals surface area contributed by atoms with Gasteiger partial charge in [-0.2, -0.15) is 17.0 Å². The molecule has 0 radical (unpaired) electrons. The minimum absolute atomic E-state index is 0.311. The SMILES string of the molecule is Cc1ccccc1CSCCC(N)C#N. The van der Waals surface area contributed by atoms with Gasteiger partial charge in [-0.1, -0.05) is 24.3 Å². The Bertz CT molecular complexity index is 344. The molecule has 0 aliphatic rings. The standard InChI is InChI=1S/C12H16N2S/c1-10-4-2-3-5-11(10)9-15-7-6-12(14)8-13/h2-5,12H,6-7,9,14H2,1H3. The highest BCUT2D eigenvalue weighted by Gasteiger charge is 2.00. The first-order valence-corrected chi connectivity index (χ1v) is 6.17. The number of hydrogen-bond donors (Lipinski definition) is 1. The Morgan fingerprint density at radius 2 is 2.20 bits per heavy atom. The fourth-order valence-electron chi connectivity index (χ4n) is 1.23. The van der Waals surface area contributed by atoms with Crippen molar-refractivity contribution in [3.05, 3.63) is 35.4 Å². The molecule has 3 heteroatoms. The quantitative estimate of drug-likeness (QED) is 0.775. The fourth-order valence-corrected chi connectivity index (χ4v) is 2.34. The zero-order chi connectivity index (χ0) is 11.1. The molecule has 0 aliphatic heterocycles. The van der Waals surface area contributed by atoms with Gasteiger partial charge in [0.15, 0.2) is 0 Å². The van der Waals surface area contributed by atoms with E-state index in [1.807, 2.05) is 17.8 Å². The van der Waals surface area contributed by atoms with Crippen molar-refractivity contribution in [1.29, 1.82) is 5.26 Å². The maximum Gasteiger partial charge on any atom is 0.0935 e. The molecule has 80 valence electrons. The van der Waals surface area contributed by atoms with Crippen molar-refractivity contribution in [2.45, 2.75) is 25.1 Å². The van der Waals surface area contributed by atoms with E-state index in [0.717, 1.165) is 17.9 Å². The Morgan fingerprint density at radius 3 is 2.87 bits per heavy atom. The molecule has 0 spiro atoms. The predicted octanol–water partition coefficient (Wildman–Crippen LogP) is 2.47. The van der Waals surface area contributed by atoms with Crippen LogP contribution in [0.15, 0.2) is 24.3 Å². The van der Waals surface area contributed by atoms with Crippen LogP contribution in [-0.4, -0.2) is 11.8 Å². The number of benzene rings is 1. The van der Waals surface area contributed by atoms with E-state index >= 15 is 0 Å². The average Bonchev–Trinajstić information content (AvgIpc) is 2.26. The molecule has 0 aromatic heterocycles. The summed E-state index contributed by atoms with van der Waals surface area (Å²) in [6.45, 7) is 2.12. The van der Waals surface area contributed by atoms with Crippen LogP contribution in [-0.2, 0) is 5.75 Å². The summed E-state index contributed by atoms with van der Waals surface area (Å²) in [7, 11) is 0. The van der Waals surface area contributed by atoms with Crippen LogP contribution in [0.2, 0.25) is 0 Å². The van der Waals surface area contributed by atoms with Gasteiger partial charge in [-0.15, -0.1) is 0 Å². The van der Waals surface area contributed by atoms with Crippen LogP contribution in [0.3, 0.4) is 0 Å². The second-order valence-electron chi connectivity index (χ2n) is 3.50. The molecule has 0 fully saturated rings. The Morgan fingerprint density at radius 1 is 1.47 bits per heavy atom. The van der Waals surface area contributed by atoms with Gasteiger partial charge in [-0.3, -0.25) is 0 Å². The maximum absolute atomic E-state index is 8.51. The summed E-state index contributed by atoms with van der Waals surface area (Å²) >= 11 is 1.83. The monoisotopic (exact) mass is 220 g/mol. The van der Waals surface area contributed by atoms with Crippen LogP contribution >= 0.6 is 11.8 Å². The molecular formula is C12H16N2S. The summed E-state index contributed by atoms with van der Waals surface area (Å²) in [5.41, 5.74) is 8.20. The van der Waals surface area contributed by atoms with Crippen LogP contribution in [0.5, 0.6) is 0 Å². The second-order valence-corrected chi connectivity index (χ2v) is 4.61. The molecule has 1 aromatic carbocycles. The van der Waals surface area contributed by atoms with Crippen molar-refractivity contribution >= 4 is 11.8 Å². The molecule has 0 heterocycles. The van der Waals surface area contributed by atoms with E-state index in [4.69, 9.17) is 11.0 Å². The molecule has 0 bridgehead atoms. The molecule has 1 unspecified atom stereocenters. The fraction of sp³-hybridized carbons (Fsp3) is 0.417. The van der Waals surface area contributed by atoms with Gasteiger partial charge < -0.3 is 5.73 Å². The number of rotatable bonds is 5. The van der Waals surface area contributed by atoms with E-state index < -0.39 is 0 Å². The number of aryl methyl sites for hydroxylation is 1. The summed E-state index contributed by atoms with van der Waals surface area (Å²) in [6.07, 6.45) is 0.771. The van der Waals surface area contributed by atoms with E-state index in [1.165, 1.54) is 11.1 Å². The van der Waals surface area contributed by atoms with Gasteiger partial charge in [0.05, 0.1) is 12.1 Å². The van der Waals surface area contributed by atoms with Crippen molar-refractivity contribution in [3.63, 3.8) is 0 Å². The number of hydrogen-bond acceptors (Lipinski definition) is 3. The summed E-state index contributed by atoms with van der Waals surface area (Å²) in [4.78, 5) is 0. The van der Waals surface area contributed by atoms with Gasteiger partial charge >= 0.3 is 0 Å². The number of nitrogens with zero attached hydrogens (tertiary/aromatic N) is 1. The minimum atomic E-state index is -0.311. The lowest BCUT2D eigenvalue weighted by Crippen LogP contribution is -2.17. The Balaban J connectivity index is 2.27. The van der Waals surface area contributed by atoms with E-state index in [2.05, 4.69) is 31.2 Å². The normalized spacial score (nSPS) is 12.1. The molecule has 15 heavy (non-hydrogen) atoms. The summed E-state index contributed by atoms with van der Waals surface area (Å²) in [5.74, 6) is 1.95. The van der Waals surface area contributed by atoms with Gasteiger partial charge in [-0.05, 0) is 30.2 Å². The van der Waals surface area contributed by atoms with Gasteiger partial charge in [-0.25, -0.2) is 0 Å². The van der Waals surface area contributed by atoms with Crippen LogP contribution in [0, 0.1) is 18.3 Å². The summed E-state index contributed by atoms with van der Waals surface area (Å²) < 4.78 is 0. The zero-order valence-electron chi connectivity index (χ0n) is 8.94. The van der Waals surface area contributed by atoms with Crippen molar-refractivity contribution in [3.8, 4) is 6.07 Å². The Hall–Kier alpha value is -0.980. The number of nitrogens with two attached hydrogens (primary N) is 1. The highest BCUT2D eigenvalue weighted by Crippen LogP contribution is 2.16.